The summed E-state index contributed by atoms with van der Waals surface area (Å²) < 4.78 is 3.65. The Labute approximate surface area is 117 Å². The Morgan fingerprint density at radius 2 is 2.20 bits per heavy atom. The predicted molar refractivity (Wildman–Crippen MR) is 68.5 cm³/mol. The van der Waals surface area contributed by atoms with Gasteiger partial charge in [-0.1, -0.05) is 4.49 Å². The summed E-state index contributed by atoms with van der Waals surface area (Å²) >= 11 is 1.01. The number of amides is 1. The summed E-state index contributed by atoms with van der Waals surface area (Å²) in [6.45, 7) is 0. The van der Waals surface area contributed by atoms with Crippen molar-refractivity contribution in [2.45, 2.75) is 24.8 Å². The van der Waals surface area contributed by atoms with Crippen LogP contribution in [0, 0.1) is 0 Å². The number of H-pyrrole nitrogens is 1. The number of imidazole rings is 1. The Morgan fingerprint density at radius 1 is 1.40 bits per heavy atom. The largest absolute Gasteiger partial charge is 0.477 e. The fourth-order valence-corrected chi connectivity index (χ4v) is 2.58. The Kier molecular flexibility index (Phi) is 2.97. The monoisotopic (exact) mass is 293 g/mol. The lowest BCUT2D eigenvalue weighted by Crippen LogP contribution is -2.51. The van der Waals surface area contributed by atoms with Crippen LogP contribution in [-0.4, -0.2) is 36.5 Å². The summed E-state index contributed by atoms with van der Waals surface area (Å²) in [5.74, 6) is -0.865. The fourth-order valence-electron chi connectivity index (χ4n) is 2.17. The molecule has 104 valence electrons. The molecule has 0 unspecified atom stereocenters. The normalized spacial score (nSPS) is 16.4. The van der Waals surface area contributed by atoms with Gasteiger partial charge in [-0.2, -0.15) is 0 Å². The van der Waals surface area contributed by atoms with E-state index >= 15 is 0 Å². The molecular formula is C11H11N5O3S. The summed E-state index contributed by atoms with van der Waals surface area (Å²) in [4.78, 5) is 30.2. The summed E-state index contributed by atoms with van der Waals surface area (Å²) in [7, 11) is 0. The van der Waals surface area contributed by atoms with Crippen molar-refractivity contribution in [2.24, 2.45) is 0 Å². The molecule has 0 atom stereocenters. The molecular weight excluding hydrogens is 282 g/mol. The summed E-state index contributed by atoms with van der Waals surface area (Å²) in [5.41, 5.74) is -0.602. The van der Waals surface area contributed by atoms with Crippen LogP contribution in [0.1, 0.15) is 45.2 Å². The minimum Gasteiger partial charge on any atom is -0.477 e. The maximum atomic E-state index is 12.1. The summed E-state index contributed by atoms with van der Waals surface area (Å²) in [6.07, 6.45) is 5.05. The molecule has 1 aliphatic rings. The van der Waals surface area contributed by atoms with Crippen LogP contribution in [0.5, 0.6) is 0 Å². The van der Waals surface area contributed by atoms with Crippen LogP contribution in [0.25, 0.3) is 0 Å². The van der Waals surface area contributed by atoms with Gasteiger partial charge in [0, 0.05) is 0 Å². The first-order chi connectivity index (χ1) is 9.61. The molecule has 3 N–H and O–H groups in total. The number of carbonyl (C=O) groups excluding carboxylic acids is 1. The molecule has 0 spiro atoms. The molecule has 1 amide bonds. The van der Waals surface area contributed by atoms with Crippen molar-refractivity contribution in [3.63, 3.8) is 0 Å². The number of aromatic nitrogens is 4. The average Bonchev–Trinajstić information content (AvgIpc) is 3.03. The van der Waals surface area contributed by atoms with E-state index < -0.39 is 11.5 Å². The van der Waals surface area contributed by atoms with Gasteiger partial charge in [0.2, 0.25) is 0 Å². The number of aromatic amines is 1. The lowest BCUT2D eigenvalue weighted by molar-refractivity contribution is 0.0690. The lowest BCUT2D eigenvalue weighted by Gasteiger charge is -2.40. The second-order valence-corrected chi connectivity index (χ2v) is 5.41. The summed E-state index contributed by atoms with van der Waals surface area (Å²) in [6, 6.07) is 0. The molecule has 3 rings (SSSR count). The van der Waals surface area contributed by atoms with E-state index in [-0.39, 0.29) is 11.6 Å². The van der Waals surface area contributed by atoms with Gasteiger partial charge >= 0.3 is 5.97 Å². The number of nitrogens with zero attached hydrogens (tertiary/aromatic N) is 3. The van der Waals surface area contributed by atoms with Crippen molar-refractivity contribution >= 4 is 23.4 Å². The van der Waals surface area contributed by atoms with Crippen molar-refractivity contribution < 1.29 is 14.7 Å². The van der Waals surface area contributed by atoms with Crippen LogP contribution in [0.2, 0.25) is 0 Å². The molecule has 1 saturated carbocycles. The number of carbonyl (C=O) groups is 2. The van der Waals surface area contributed by atoms with E-state index in [2.05, 4.69) is 24.9 Å². The van der Waals surface area contributed by atoms with Crippen LogP contribution in [-0.2, 0) is 5.54 Å². The third kappa shape index (κ3) is 2.05. The number of nitrogens with one attached hydrogen (secondary N) is 2. The van der Waals surface area contributed by atoms with Crippen LogP contribution < -0.4 is 5.32 Å². The molecule has 0 aromatic carbocycles. The predicted octanol–water partition coefficient (Wildman–Crippen LogP) is 0.769. The molecule has 0 bridgehead atoms. The van der Waals surface area contributed by atoms with Crippen molar-refractivity contribution in [1.29, 1.82) is 0 Å². The zero-order valence-electron chi connectivity index (χ0n) is 10.3. The highest BCUT2D eigenvalue weighted by Gasteiger charge is 2.43. The first kappa shape index (κ1) is 12.7. The smallest absolute Gasteiger partial charge is 0.353 e. The second-order valence-electron chi connectivity index (χ2n) is 4.62. The Hall–Kier alpha value is -2.29. The van der Waals surface area contributed by atoms with Gasteiger partial charge in [-0.15, -0.1) is 5.10 Å². The molecule has 20 heavy (non-hydrogen) atoms. The highest BCUT2D eigenvalue weighted by molar-refractivity contribution is 7.07. The first-order valence-electron chi connectivity index (χ1n) is 5.99. The van der Waals surface area contributed by atoms with Gasteiger partial charge in [0.15, 0.2) is 0 Å². The Bertz CT molecular complexity index is 647. The van der Waals surface area contributed by atoms with E-state index in [0.717, 1.165) is 30.8 Å². The molecule has 8 nitrogen and oxygen atoms in total. The van der Waals surface area contributed by atoms with E-state index in [1.165, 1.54) is 12.4 Å². The van der Waals surface area contributed by atoms with Crippen LogP contribution in [0.4, 0.5) is 0 Å². The standard InChI is InChI=1S/C11H11N5O3S/c17-8(7-5-13-16-20-7)15-11(2-1-3-11)10-12-4-6(14-10)9(18)19/h4-5H,1-3H2,(H,12,14)(H,15,17)(H,18,19). The molecule has 0 radical (unpaired) electrons. The SMILES string of the molecule is O=C(O)c1cnc(C2(NC(=O)c3cnns3)CCC2)[nH]1. The number of aromatic carboxylic acids is 1. The van der Waals surface area contributed by atoms with Crippen molar-refractivity contribution in [3.8, 4) is 0 Å². The zero-order valence-corrected chi connectivity index (χ0v) is 11.1. The van der Waals surface area contributed by atoms with E-state index in [9.17, 15) is 9.59 Å². The summed E-state index contributed by atoms with van der Waals surface area (Å²) in [5, 5.41) is 15.4. The maximum absolute atomic E-state index is 12.1. The van der Waals surface area contributed by atoms with Crippen LogP contribution >= 0.6 is 11.5 Å². The van der Waals surface area contributed by atoms with Crippen molar-refractivity contribution in [1.82, 2.24) is 24.9 Å². The topological polar surface area (TPSA) is 121 Å². The molecule has 1 aliphatic carbocycles. The number of hydrogen-bond donors (Lipinski definition) is 3. The van der Waals surface area contributed by atoms with Gasteiger partial charge < -0.3 is 15.4 Å². The number of rotatable bonds is 4. The maximum Gasteiger partial charge on any atom is 0.353 e. The number of carboxylic acids is 1. The molecule has 2 aromatic rings. The average molecular weight is 293 g/mol. The minimum absolute atomic E-state index is 0.0139. The third-order valence-corrected chi connectivity index (χ3v) is 4.07. The van der Waals surface area contributed by atoms with Gasteiger partial charge in [0.05, 0.1) is 17.9 Å². The minimum atomic E-state index is -1.07. The van der Waals surface area contributed by atoms with Gasteiger partial charge in [0.1, 0.15) is 16.4 Å². The number of hydrogen-bond acceptors (Lipinski definition) is 6. The second kappa shape index (κ2) is 4.67. The van der Waals surface area contributed by atoms with E-state index in [0.29, 0.717) is 10.7 Å². The Balaban J connectivity index is 1.83. The molecule has 0 aliphatic heterocycles. The lowest BCUT2D eigenvalue weighted by atomic mass is 9.76. The fraction of sp³-hybridized carbons (Fsp3) is 0.364. The third-order valence-electron chi connectivity index (χ3n) is 3.40. The Morgan fingerprint density at radius 3 is 2.70 bits per heavy atom. The molecule has 2 aromatic heterocycles. The van der Waals surface area contributed by atoms with E-state index in [4.69, 9.17) is 5.11 Å². The van der Waals surface area contributed by atoms with Crippen molar-refractivity contribution in [3.05, 3.63) is 28.8 Å². The first-order valence-corrected chi connectivity index (χ1v) is 6.77. The molecule has 9 heteroatoms. The van der Waals surface area contributed by atoms with Crippen LogP contribution in [0.15, 0.2) is 12.4 Å². The number of carboxylic acid groups (broad SMARTS) is 1. The molecule has 2 heterocycles. The molecule has 1 fully saturated rings. The quantitative estimate of drug-likeness (QED) is 0.765. The van der Waals surface area contributed by atoms with Gasteiger partial charge in [-0.3, -0.25) is 4.79 Å². The van der Waals surface area contributed by atoms with Gasteiger partial charge in [-0.05, 0) is 30.8 Å². The highest BCUT2D eigenvalue weighted by atomic mass is 32.1. The van der Waals surface area contributed by atoms with Crippen LogP contribution in [0.3, 0.4) is 0 Å². The highest BCUT2D eigenvalue weighted by Crippen LogP contribution is 2.40. The van der Waals surface area contributed by atoms with Gasteiger partial charge in [-0.25, -0.2) is 9.78 Å². The zero-order chi connectivity index (χ0) is 14.2. The molecule has 0 saturated heterocycles. The van der Waals surface area contributed by atoms with E-state index in [1.54, 1.807) is 0 Å². The van der Waals surface area contributed by atoms with E-state index in [1.807, 2.05) is 0 Å². The van der Waals surface area contributed by atoms with Gasteiger partial charge in [0.25, 0.3) is 5.91 Å². The van der Waals surface area contributed by atoms with Crippen molar-refractivity contribution in [2.75, 3.05) is 0 Å².